The van der Waals surface area contributed by atoms with Crippen molar-refractivity contribution >= 4 is 17.5 Å². The molecule has 0 spiro atoms. The normalized spacial score (nSPS) is 18.3. The Morgan fingerprint density at radius 2 is 2.17 bits per heavy atom. The van der Waals surface area contributed by atoms with Gasteiger partial charge < -0.3 is 5.32 Å². The first-order chi connectivity index (χ1) is 8.65. The molecule has 1 fully saturated rings. The van der Waals surface area contributed by atoms with Crippen LogP contribution in [-0.4, -0.2) is 22.3 Å². The zero-order valence-electron chi connectivity index (χ0n) is 10.7. The highest BCUT2D eigenvalue weighted by Crippen LogP contribution is 2.29. The summed E-state index contributed by atoms with van der Waals surface area (Å²) in [5.41, 5.74) is 1.30. The van der Waals surface area contributed by atoms with Crippen LogP contribution < -0.4 is 5.32 Å². The molecule has 0 bridgehead atoms. The fourth-order valence-corrected chi connectivity index (χ4v) is 2.85. The molecule has 1 heterocycles. The van der Waals surface area contributed by atoms with Crippen molar-refractivity contribution in [2.24, 2.45) is 0 Å². The fraction of sp³-hybridized carbons (Fsp3) is 0.571. The molecule has 1 aromatic rings. The SMILES string of the molecule is Cc1cc(C(=O)NC2(CCl)CCCCC2)ccn1. The fourth-order valence-electron chi connectivity index (χ4n) is 2.52. The largest absolute Gasteiger partial charge is 0.345 e. The van der Waals surface area contributed by atoms with Crippen molar-refractivity contribution in [1.29, 1.82) is 0 Å². The number of amides is 1. The van der Waals surface area contributed by atoms with E-state index in [1.807, 2.05) is 6.92 Å². The van der Waals surface area contributed by atoms with Crippen LogP contribution in [0.4, 0.5) is 0 Å². The molecule has 1 amide bonds. The Balaban J connectivity index is 2.10. The Bertz CT molecular complexity index is 428. The molecular weight excluding hydrogens is 248 g/mol. The maximum atomic E-state index is 12.2. The van der Waals surface area contributed by atoms with Crippen LogP contribution in [0.5, 0.6) is 0 Å². The van der Waals surface area contributed by atoms with Gasteiger partial charge in [-0.25, -0.2) is 0 Å². The number of hydrogen-bond acceptors (Lipinski definition) is 2. The summed E-state index contributed by atoms with van der Waals surface area (Å²) in [5, 5.41) is 3.13. The third-order valence-electron chi connectivity index (χ3n) is 3.60. The molecule has 2 rings (SSSR count). The van der Waals surface area contributed by atoms with Gasteiger partial charge >= 0.3 is 0 Å². The summed E-state index contributed by atoms with van der Waals surface area (Å²) in [7, 11) is 0. The van der Waals surface area contributed by atoms with Crippen molar-refractivity contribution in [2.45, 2.75) is 44.6 Å². The first kappa shape index (κ1) is 13.3. The number of alkyl halides is 1. The average molecular weight is 267 g/mol. The zero-order valence-corrected chi connectivity index (χ0v) is 11.5. The van der Waals surface area contributed by atoms with Crippen LogP contribution in [0.25, 0.3) is 0 Å². The Kier molecular flexibility index (Phi) is 4.23. The second kappa shape index (κ2) is 5.70. The van der Waals surface area contributed by atoms with Crippen LogP contribution in [0.2, 0.25) is 0 Å². The van der Waals surface area contributed by atoms with E-state index in [0.29, 0.717) is 11.4 Å². The molecule has 1 saturated carbocycles. The second-order valence-corrected chi connectivity index (χ2v) is 5.38. The standard InChI is InChI=1S/C14H19ClN2O/c1-11-9-12(5-8-16-11)13(18)17-14(10-15)6-3-2-4-7-14/h5,8-9H,2-4,6-7,10H2,1H3,(H,17,18). The van der Waals surface area contributed by atoms with E-state index < -0.39 is 0 Å². The monoisotopic (exact) mass is 266 g/mol. The van der Waals surface area contributed by atoms with E-state index in [2.05, 4.69) is 10.3 Å². The lowest BCUT2D eigenvalue weighted by Gasteiger charge is -2.36. The van der Waals surface area contributed by atoms with Crippen LogP contribution >= 0.6 is 11.6 Å². The van der Waals surface area contributed by atoms with Gasteiger partial charge in [0, 0.05) is 23.3 Å². The molecule has 1 N–H and O–H groups in total. The minimum atomic E-state index is -0.214. The molecule has 18 heavy (non-hydrogen) atoms. The van der Waals surface area contributed by atoms with E-state index in [-0.39, 0.29) is 11.4 Å². The molecule has 0 aliphatic heterocycles. The highest BCUT2D eigenvalue weighted by atomic mass is 35.5. The molecule has 0 unspecified atom stereocenters. The Labute approximate surface area is 113 Å². The van der Waals surface area contributed by atoms with Crippen molar-refractivity contribution < 1.29 is 4.79 Å². The number of nitrogens with one attached hydrogen (secondary N) is 1. The third-order valence-corrected chi connectivity index (χ3v) is 4.12. The number of carbonyl (C=O) groups excluding carboxylic acids is 1. The minimum Gasteiger partial charge on any atom is -0.345 e. The van der Waals surface area contributed by atoms with Gasteiger partial charge in [-0.1, -0.05) is 19.3 Å². The number of rotatable bonds is 3. The number of hydrogen-bond donors (Lipinski definition) is 1. The van der Waals surface area contributed by atoms with E-state index in [1.165, 1.54) is 6.42 Å². The summed E-state index contributed by atoms with van der Waals surface area (Å²) >= 11 is 6.07. The third kappa shape index (κ3) is 3.02. The quantitative estimate of drug-likeness (QED) is 0.855. The highest BCUT2D eigenvalue weighted by Gasteiger charge is 2.32. The average Bonchev–Trinajstić information content (AvgIpc) is 2.40. The van der Waals surface area contributed by atoms with Crippen molar-refractivity contribution in [1.82, 2.24) is 10.3 Å². The van der Waals surface area contributed by atoms with Gasteiger partial charge in [0.1, 0.15) is 0 Å². The second-order valence-electron chi connectivity index (χ2n) is 5.11. The van der Waals surface area contributed by atoms with Gasteiger partial charge in [0.2, 0.25) is 0 Å². The van der Waals surface area contributed by atoms with Gasteiger partial charge in [0.05, 0.1) is 5.54 Å². The summed E-state index contributed by atoms with van der Waals surface area (Å²) in [5.74, 6) is 0.450. The van der Waals surface area contributed by atoms with E-state index in [4.69, 9.17) is 11.6 Å². The lowest BCUT2D eigenvalue weighted by molar-refractivity contribution is 0.0884. The summed E-state index contributed by atoms with van der Waals surface area (Å²) in [6, 6.07) is 3.55. The van der Waals surface area contributed by atoms with Gasteiger partial charge in [-0.15, -0.1) is 11.6 Å². The molecule has 0 atom stereocenters. The highest BCUT2D eigenvalue weighted by molar-refractivity contribution is 6.19. The van der Waals surface area contributed by atoms with Crippen LogP contribution in [0.15, 0.2) is 18.3 Å². The van der Waals surface area contributed by atoms with E-state index in [0.717, 1.165) is 31.4 Å². The first-order valence-electron chi connectivity index (χ1n) is 6.46. The number of aromatic nitrogens is 1. The summed E-state index contributed by atoms with van der Waals surface area (Å²) < 4.78 is 0. The molecule has 0 radical (unpaired) electrons. The Morgan fingerprint density at radius 3 is 2.78 bits per heavy atom. The number of halogens is 1. The van der Waals surface area contributed by atoms with Crippen LogP contribution in [-0.2, 0) is 0 Å². The topological polar surface area (TPSA) is 42.0 Å². The van der Waals surface area contributed by atoms with Crippen molar-refractivity contribution in [3.8, 4) is 0 Å². The predicted molar refractivity (Wildman–Crippen MR) is 73.0 cm³/mol. The van der Waals surface area contributed by atoms with Gasteiger partial charge in [-0.2, -0.15) is 0 Å². The maximum Gasteiger partial charge on any atom is 0.251 e. The molecule has 4 heteroatoms. The molecule has 1 aromatic heterocycles. The molecular formula is C14H19ClN2O. The molecule has 1 aliphatic carbocycles. The number of carbonyl (C=O) groups is 1. The molecule has 1 aliphatic rings. The lowest BCUT2D eigenvalue weighted by Crippen LogP contribution is -2.51. The smallest absolute Gasteiger partial charge is 0.251 e. The van der Waals surface area contributed by atoms with E-state index in [1.54, 1.807) is 18.3 Å². The Hall–Kier alpha value is -1.09. The van der Waals surface area contributed by atoms with Crippen LogP contribution in [0.3, 0.4) is 0 Å². The van der Waals surface area contributed by atoms with Crippen LogP contribution in [0.1, 0.15) is 48.2 Å². The van der Waals surface area contributed by atoms with E-state index >= 15 is 0 Å². The minimum absolute atomic E-state index is 0.0388. The van der Waals surface area contributed by atoms with Gasteiger partial charge in [-0.05, 0) is 31.9 Å². The number of nitrogens with zero attached hydrogens (tertiary/aromatic N) is 1. The van der Waals surface area contributed by atoms with Gasteiger partial charge in [-0.3, -0.25) is 9.78 Å². The number of pyridine rings is 1. The Morgan fingerprint density at radius 1 is 1.44 bits per heavy atom. The first-order valence-corrected chi connectivity index (χ1v) is 7.00. The van der Waals surface area contributed by atoms with Crippen LogP contribution in [0, 0.1) is 6.92 Å². The lowest BCUT2D eigenvalue weighted by atomic mass is 9.83. The molecule has 0 saturated heterocycles. The van der Waals surface area contributed by atoms with Gasteiger partial charge in [0.25, 0.3) is 5.91 Å². The zero-order chi connectivity index (χ0) is 13.0. The molecule has 98 valence electrons. The van der Waals surface area contributed by atoms with E-state index in [9.17, 15) is 4.79 Å². The molecule has 3 nitrogen and oxygen atoms in total. The summed E-state index contributed by atoms with van der Waals surface area (Å²) in [4.78, 5) is 16.3. The van der Waals surface area contributed by atoms with Crippen molar-refractivity contribution in [3.05, 3.63) is 29.6 Å². The van der Waals surface area contributed by atoms with Crippen molar-refractivity contribution in [3.63, 3.8) is 0 Å². The number of aryl methyl sites for hydroxylation is 1. The van der Waals surface area contributed by atoms with Crippen molar-refractivity contribution in [2.75, 3.05) is 5.88 Å². The maximum absolute atomic E-state index is 12.2. The summed E-state index contributed by atoms with van der Waals surface area (Å²) in [6.45, 7) is 1.88. The molecule has 0 aromatic carbocycles. The van der Waals surface area contributed by atoms with Gasteiger partial charge in [0.15, 0.2) is 0 Å². The summed E-state index contributed by atoms with van der Waals surface area (Å²) in [6.07, 6.45) is 7.14. The predicted octanol–water partition coefficient (Wildman–Crippen LogP) is 3.06.